The van der Waals surface area contributed by atoms with Crippen LogP contribution in [0, 0.1) is 11.3 Å². The van der Waals surface area contributed by atoms with Crippen molar-refractivity contribution in [3.63, 3.8) is 0 Å². The first kappa shape index (κ1) is 15.3. The van der Waals surface area contributed by atoms with Crippen molar-refractivity contribution >= 4 is 25.7 Å². The van der Waals surface area contributed by atoms with Gasteiger partial charge in [0.15, 0.2) is 0 Å². The van der Waals surface area contributed by atoms with Gasteiger partial charge >= 0.3 is 0 Å². The highest BCUT2D eigenvalue weighted by atomic mass is 32.2. The van der Waals surface area contributed by atoms with Gasteiger partial charge in [-0.15, -0.1) is 0 Å². The van der Waals surface area contributed by atoms with Gasteiger partial charge in [0, 0.05) is 18.7 Å². The third kappa shape index (κ3) is 7.60. The van der Waals surface area contributed by atoms with E-state index in [1.165, 1.54) is 0 Å². The van der Waals surface area contributed by atoms with Crippen molar-refractivity contribution in [1.82, 2.24) is 4.72 Å². The average Bonchev–Trinajstić information content (AvgIpc) is 2.10. The Kier molecular flexibility index (Phi) is 5.36. The van der Waals surface area contributed by atoms with Crippen LogP contribution in [0.25, 0.3) is 0 Å². The highest BCUT2D eigenvalue weighted by molar-refractivity contribution is 7.93. The van der Waals surface area contributed by atoms with E-state index < -0.39 is 37.3 Å². The quantitative estimate of drug-likeness (QED) is 0.384. The Balaban J connectivity index is 4.22. The molecule has 0 amide bonds. The monoisotopic (exact) mass is 271 g/mol. The topological polar surface area (TPSA) is 130 Å². The summed E-state index contributed by atoms with van der Waals surface area (Å²) in [5.41, 5.74) is 5.16. The number of amidine groups is 1. The summed E-state index contributed by atoms with van der Waals surface area (Å²) in [7, 11) is -6.92. The third-order valence-corrected chi connectivity index (χ3v) is 4.42. The summed E-state index contributed by atoms with van der Waals surface area (Å²) < 4.78 is 46.4. The van der Waals surface area contributed by atoms with Gasteiger partial charge in [0.25, 0.3) is 0 Å². The Morgan fingerprint density at radius 2 is 1.81 bits per heavy atom. The molecule has 7 nitrogen and oxygen atoms in total. The molecule has 1 atom stereocenters. The molecule has 0 saturated carbocycles. The van der Waals surface area contributed by atoms with Gasteiger partial charge in [0.2, 0.25) is 10.0 Å². The van der Waals surface area contributed by atoms with Crippen LogP contribution >= 0.6 is 0 Å². The van der Waals surface area contributed by atoms with E-state index in [2.05, 4.69) is 4.72 Å². The Bertz CT molecular complexity index is 440. The molecule has 0 radical (unpaired) electrons. The van der Waals surface area contributed by atoms with Crippen LogP contribution in [-0.2, 0) is 19.9 Å². The van der Waals surface area contributed by atoms with Crippen LogP contribution in [0.4, 0.5) is 0 Å². The van der Waals surface area contributed by atoms with Gasteiger partial charge < -0.3 is 5.73 Å². The zero-order valence-corrected chi connectivity index (χ0v) is 10.9. The summed E-state index contributed by atoms with van der Waals surface area (Å²) in [5.74, 6) is -1.42. The SMILES string of the molecule is CC(CNS(=O)(=O)CCS(C)(=O)=O)C(=N)N. The van der Waals surface area contributed by atoms with E-state index in [4.69, 9.17) is 11.1 Å². The molecule has 0 bridgehead atoms. The van der Waals surface area contributed by atoms with Gasteiger partial charge in [-0.1, -0.05) is 6.92 Å². The minimum absolute atomic E-state index is 0.00142. The van der Waals surface area contributed by atoms with Crippen LogP contribution in [-0.4, -0.2) is 47.0 Å². The third-order valence-electron chi connectivity index (χ3n) is 1.86. The lowest BCUT2D eigenvalue weighted by Gasteiger charge is -2.10. The highest BCUT2D eigenvalue weighted by Crippen LogP contribution is 1.94. The highest BCUT2D eigenvalue weighted by Gasteiger charge is 2.16. The van der Waals surface area contributed by atoms with Crippen LogP contribution < -0.4 is 10.5 Å². The Hall–Kier alpha value is -0.670. The Morgan fingerprint density at radius 3 is 2.19 bits per heavy atom. The smallest absolute Gasteiger partial charge is 0.212 e. The number of rotatable bonds is 7. The fraction of sp³-hybridized carbons (Fsp3) is 0.857. The minimum Gasteiger partial charge on any atom is -0.387 e. The van der Waals surface area contributed by atoms with Gasteiger partial charge in [-0.2, -0.15) is 0 Å². The first-order chi connectivity index (χ1) is 7.03. The molecule has 1 unspecified atom stereocenters. The summed E-state index contributed by atoms with van der Waals surface area (Å²) in [6, 6.07) is 0. The van der Waals surface area contributed by atoms with E-state index in [1.54, 1.807) is 6.92 Å². The molecule has 0 aliphatic carbocycles. The zero-order chi connectivity index (χ0) is 13.0. The second-order valence-electron chi connectivity index (χ2n) is 3.65. The molecule has 0 spiro atoms. The normalized spacial score (nSPS) is 14.6. The lowest BCUT2D eigenvalue weighted by atomic mass is 10.2. The van der Waals surface area contributed by atoms with Crippen LogP contribution in [0.15, 0.2) is 0 Å². The number of sulfonamides is 1. The maximum absolute atomic E-state index is 11.3. The van der Waals surface area contributed by atoms with E-state index in [9.17, 15) is 16.8 Å². The van der Waals surface area contributed by atoms with Crippen LogP contribution in [0.3, 0.4) is 0 Å². The van der Waals surface area contributed by atoms with Crippen molar-refractivity contribution in [3.05, 3.63) is 0 Å². The van der Waals surface area contributed by atoms with Crippen molar-refractivity contribution < 1.29 is 16.8 Å². The number of sulfone groups is 1. The molecular weight excluding hydrogens is 254 g/mol. The van der Waals surface area contributed by atoms with Gasteiger partial charge in [-0.25, -0.2) is 21.6 Å². The molecule has 9 heteroatoms. The summed E-state index contributed by atoms with van der Waals surface area (Å²) in [5, 5.41) is 7.06. The lowest BCUT2D eigenvalue weighted by molar-refractivity contribution is 0.572. The number of nitrogens with one attached hydrogen (secondary N) is 2. The fourth-order valence-electron chi connectivity index (χ4n) is 0.695. The molecule has 0 aromatic carbocycles. The second kappa shape index (κ2) is 5.60. The molecule has 0 saturated heterocycles. The number of hydrogen-bond acceptors (Lipinski definition) is 5. The summed E-state index contributed by atoms with van der Waals surface area (Å²) in [6.07, 6.45) is 0.973. The average molecular weight is 271 g/mol. The van der Waals surface area contributed by atoms with E-state index in [0.29, 0.717) is 0 Å². The van der Waals surface area contributed by atoms with Gasteiger partial charge in [-0.05, 0) is 0 Å². The van der Waals surface area contributed by atoms with Crippen molar-refractivity contribution in [2.45, 2.75) is 6.92 Å². The Morgan fingerprint density at radius 1 is 1.31 bits per heavy atom. The molecular formula is C7H17N3O4S2. The van der Waals surface area contributed by atoms with Gasteiger partial charge in [0.1, 0.15) is 9.84 Å². The predicted octanol–water partition coefficient (Wildman–Crippen LogP) is -1.48. The summed E-state index contributed by atoms with van der Waals surface area (Å²) in [4.78, 5) is 0. The van der Waals surface area contributed by atoms with Crippen LogP contribution in [0.1, 0.15) is 6.92 Å². The molecule has 0 aromatic heterocycles. The maximum Gasteiger partial charge on any atom is 0.212 e. The molecule has 16 heavy (non-hydrogen) atoms. The van der Waals surface area contributed by atoms with Crippen LogP contribution in [0.5, 0.6) is 0 Å². The molecule has 0 aliphatic heterocycles. The molecule has 0 aromatic rings. The maximum atomic E-state index is 11.3. The van der Waals surface area contributed by atoms with Gasteiger partial charge in [-0.3, -0.25) is 5.41 Å². The number of nitrogens with two attached hydrogens (primary N) is 1. The standard InChI is InChI=1S/C7H17N3O4S2/c1-6(7(8)9)5-10-16(13,14)4-3-15(2,11)12/h6,10H,3-5H2,1-2H3,(H3,8,9). The van der Waals surface area contributed by atoms with Crippen molar-refractivity contribution in [2.75, 3.05) is 24.3 Å². The van der Waals surface area contributed by atoms with Crippen molar-refractivity contribution in [1.29, 1.82) is 5.41 Å². The van der Waals surface area contributed by atoms with E-state index in [0.717, 1.165) is 6.26 Å². The molecule has 0 heterocycles. The Labute approximate surface area is 95.9 Å². The molecule has 0 rings (SSSR count). The second-order valence-corrected chi connectivity index (χ2v) is 7.84. The molecule has 0 aliphatic rings. The first-order valence-electron chi connectivity index (χ1n) is 4.52. The molecule has 0 fully saturated rings. The zero-order valence-electron chi connectivity index (χ0n) is 9.23. The van der Waals surface area contributed by atoms with E-state index in [-0.39, 0.29) is 12.4 Å². The lowest BCUT2D eigenvalue weighted by Crippen LogP contribution is -2.36. The van der Waals surface area contributed by atoms with E-state index in [1.807, 2.05) is 0 Å². The van der Waals surface area contributed by atoms with Crippen molar-refractivity contribution in [3.8, 4) is 0 Å². The number of hydrogen-bond donors (Lipinski definition) is 3. The largest absolute Gasteiger partial charge is 0.387 e. The van der Waals surface area contributed by atoms with E-state index >= 15 is 0 Å². The molecule has 4 N–H and O–H groups in total. The summed E-state index contributed by atoms with van der Waals surface area (Å²) >= 11 is 0. The van der Waals surface area contributed by atoms with Crippen molar-refractivity contribution in [2.24, 2.45) is 11.7 Å². The first-order valence-corrected chi connectivity index (χ1v) is 8.24. The summed E-state index contributed by atoms with van der Waals surface area (Å²) in [6.45, 7) is 1.60. The fourth-order valence-corrected chi connectivity index (χ4v) is 3.43. The molecule has 96 valence electrons. The van der Waals surface area contributed by atoms with Crippen LogP contribution in [0.2, 0.25) is 0 Å². The van der Waals surface area contributed by atoms with Gasteiger partial charge in [0.05, 0.1) is 17.3 Å². The predicted molar refractivity (Wildman–Crippen MR) is 62.6 cm³/mol. The minimum atomic E-state index is -3.62.